The van der Waals surface area contributed by atoms with Crippen LogP contribution in [0.4, 0.5) is 0 Å². The van der Waals surface area contributed by atoms with E-state index in [1.165, 1.54) is 12.2 Å². The van der Waals surface area contributed by atoms with E-state index in [4.69, 9.17) is 13.9 Å². The van der Waals surface area contributed by atoms with Gasteiger partial charge in [0.1, 0.15) is 5.76 Å². The predicted molar refractivity (Wildman–Crippen MR) is 104 cm³/mol. The van der Waals surface area contributed by atoms with E-state index in [9.17, 15) is 9.59 Å². The van der Waals surface area contributed by atoms with Gasteiger partial charge in [-0.15, -0.1) is 0 Å². The molecule has 0 saturated carbocycles. The molecule has 0 N–H and O–H groups in total. The highest BCUT2D eigenvalue weighted by Crippen LogP contribution is 2.21. The summed E-state index contributed by atoms with van der Waals surface area (Å²) in [6, 6.07) is 5.28. The molecule has 27 heavy (non-hydrogen) atoms. The number of Topliss-reactive ketones (excluding diaryl/α,β-unsaturated/α-hetero) is 1. The maximum atomic E-state index is 12.5. The van der Waals surface area contributed by atoms with E-state index >= 15 is 0 Å². The number of hydrogen-bond acceptors (Lipinski definition) is 5. The molecule has 0 radical (unpaired) electrons. The van der Waals surface area contributed by atoms with Crippen LogP contribution >= 0.6 is 15.9 Å². The number of halogens is 1. The van der Waals surface area contributed by atoms with Gasteiger partial charge in [0.15, 0.2) is 11.3 Å². The zero-order chi connectivity index (χ0) is 19.4. The van der Waals surface area contributed by atoms with Crippen LogP contribution in [0.15, 0.2) is 33.4 Å². The number of carbonyl (C=O) groups excluding carboxylic acids is 2. The Labute approximate surface area is 166 Å². The Balaban J connectivity index is 1.57. The van der Waals surface area contributed by atoms with Crippen LogP contribution in [0.1, 0.15) is 40.3 Å². The molecule has 1 aliphatic heterocycles. The van der Waals surface area contributed by atoms with E-state index in [2.05, 4.69) is 20.5 Å². The van der Waals surface area contributed by atoms with Gasteiger partial charge in [-0.2, -0.15) is 0 Å². The third kappa shape index (κ3) is 4.99. The van der Waals surface area contributed by atoms with Crippen molar-refractivity contribution in [1.29, 1.82) is 0 Å². The van der Waals surface area contributed by atoms with E-state index in [0.29, 0.717) is 16.0 Å². The Hall–Kier alpha value is -2.12. The lowest BCUT2D eigenvalue weighted by molar-refractivity contribution is -0.136. The monoisotopic (exact) mass is 435 g/mol. The van der Waals surface area contributed by atoms with Gasteiger partial charge >= 0.3 is 5.97 Å². The van der Waals surface area contributed by atoms with Crippen molar-refractivity contribution < 1.29 is 23.5 Å². The first-order valence-corrected chi connectivity index (χ1v) is 9.65. The molecule has 3 rings (SSSR count). The smallest absolute Gasteiger partial charge is 0.331 e. The fourth-order valence-electron chi connectivity index (χ4n) is 3.19. The number of ether oxygens (including phenoxy) is 2. The van der Waals surface area contributed by atoms with Crippen molar-refractivity contribution in [1.82, 2.24) is 4.57 Å². The lowest BCUT2D eigenvalue weighted by Gasteiger charge is -2.14. The maximum Gasteiger partial charge on any atom is 0.331 e. The highest BCUT2D eigenvalue weighted by molar-refractivity contribution is 9.10. The molecule has 3 heterocycles. The first-order chi connectivity index (χ1) is 12.9. The number of carbonyl (C=O) groups is 2. The molecule has 1 atom stereocenters. The number of rotatable bonds is 7. The van der Waals surface area contributed by atoms with Crippen molar-refractivity contribution in [3.63, 3.8) is 0 Å². The van der Waals surface area contributed by atoms with Crippen molar-refractivity contribution >= 4 is 33.8 Å². The summed E-state index contributed by atoms with van der Waals surface area (Å²) in [4.78, 5) is 24.3. The molecule has 6 nitrogen and oxygen atoms in total. The quantitative estimate of drug-likeness (QED) is 0.372. The van der Waals surface area contributed by atoms with Gasteiger partial charge in [-0.1, -0.05) is 0 Å². The Morgan fingerprint density at radius 2 is 2.19 bits per heavy atom. The number of ketones is 1. The van der Waals surface area contributed by atoms with Gasteiger partial charge in [0, 0.05) is 36.2 Å². The van der Waals surface area contributed by atoms with Gasteiger partial charge in [-0.25, -0.2) is 4.79 Å². The summed E-state index contributed by atoms with van der Waals surface area (Å²) < 4.78 is 18.7. The SMILES string of the molecule is Cc1cc(C(=O)COC(=O)C=Cc2ccc(Br)o2)c(C)n1CC1CCCO1. The van der Waals surface area contributed by atoms with Crippen molar-refractivity contribution in [3.8, 4) is 0 Å². The average Bonchev–Trinajstić information content (AvgIpc) is 3.36. The first kappa shape index (κ1) is 19.6. The van der Waals surface area contributed by atoms with Crippen molar-refractivity contribution in [2.45, 2.75) is 39.3 Å². The van der Waals surface area contributed by atoms with Crippen LogP contribution in [-0.4, -0.2) is 35.6 Å². The minimum absolute atomic E-state index is 0.197. The van der Waals surface area contributed by atoms with Gasteiger partial charge < -0.3 is 18.5 Å². The zero-order valence-electron chi connectivity index (χ0n) is 15.4. The molecule has 1 aliphatic rings. The molecule has 0 bridgehead atoms. The minimum atomic E-state index is -0.593. The largest absolute Gasteiger partial charge is 0.454 e. The fourth-order valence-corrected chi connectivity index (χ4v) is 3.51. The Morgan fingerprint density at radius 3 is 2.85 bits per heavy atom. The lowest BCUT2D eigenvalue weighted by Crippen LogP contribution is -2.18. The van der Waals surface area contributed by atoms with E-state index in [1.807, 2.05) is 19.9 Å². The molecule has 1 unspecified atom stereocenters. The third-order valence-electron chi connectivity index (χ3n) is 4.61. The number of hydrogen-bond donors (Lipinski definition) is 0. The van der Waals surface area contributed by atoms with Crippen LogP contribution in [0.2, 0.25) is 0 Å². The summed E-state index contributed by atoms with van der Waals surface area (Å²) in [7, 11) is 0. The Kier molecular flexibility index (Phi) is 6.34. The zero-order valence-corrected chi connectivity index (χ0v) is 17.0. The minimum Gasteiger partial charge on any atom is -0.454 e. The summed E-state index contributed by atoms with van der Waals surface area (Å²) in [5, 5.41) is 0. The molecule has 0 spiro atoms. The van der Waals surface area contributed by atoms with Crippen LogP contribution < -0.4 is 0 Å². The standard InChI is InChI=1S/C20H22BrNO5/c1-13-10-17(14(2)22(13)11-16-4-3-9-25-16)18(23)12-26-20(24)8-6-15-5-7-19(21)27-15/h5-8,10,16H,3-4,9,11-12H2,1-2H3. The normalized spacial score (nSPS) is 16.9. The predicted octanol–water partition coefficient (Wildman–Crippen LogP) is 4.08. The molecule has 2 aromatic rings. The Morgan fingerprint density at radius 1 is 1.37 bits per heavy atom. The molecule has 0 aromatic carbocycles. The number of esters is 1. The van der Waals surface area contributed by atoms with Gasteiger partial charge in [0.2, 0.25) is 5.78 Å². The van der Waals surface area contributed by atoms with Gasteiger partial charge in [-0.05, 0) is 66.9 Å². The topological polar surface area (TPSA) is 70.7 Å². The van der Waals surface area contributed by atoms with Gasteiger partial charge in [0.25, 0.3) is 0 Å². The van der Waals surface area contributed by atoms with E-state index < -0.39 is 5.97 Å². The molecule has 7 heteroatoms. The Bertz CT molecular complexity index is 858. The average molecular weight is 436 g/mol. The molecular formula is C20H22BrNO5. The summed E-state index contributed by atoms with van der Waals surface area (Å²) >= 11 is 3.19. The van der Waals surface area contributed by atoms with Crippen molar-refractivity contribution in [2.75, 3.05) is 13.2 Å². The van der Waals surface area contributed by atoms with Crippen molar-refractivity contribution in [3.05, 3.63) is 51.7 Å². The number of aryl methyl sites for hydroxylation is 1. The second-order valence-electron chi connectivity index (χ2n) is 6.54. The van der Waals surface area contributed by atoms with E-state index in [1.54, 1.807) is 12.1 Å². The summed E-state index contributed by atoms with van der Waals surface area (Å²) in [6.45, 7) is 5.12. The summed E-state index contributed by atoms with van der Waals surface area (Å²) in [5.74, 6) is -0.295. The second-order valence-corrected chi connectivity index (χ2v) is 7.32. The van der Waals surface area contributed by atoms with Gasteiger partial charge in [0.05, 0.1) is 6.10 Å². The highest BCUT2D eigenvalue weighted by Gasteiger charge is 2.21. The van der Waals surface area contributed by atoms with Crippen LogP contribution in [0.5, 0.6) is 0 Å². The molecule has 1 saturated heterocycles. The first-order valence-electron chi connectivity index (χ1n) is 8.85. The van der Waals surface area contributed by atoms with Crippen LogP contribution in [0, 0.1) is 13.8 Å². The van der Waals surface area contributed by atoms with Crippen LogP contribution in [0.25, 0.3) is 6.08 Å². The highest BCUT2D eigenvalue weighted by atomic mass is 79.9. The molecule has 0 amide bonds. The molecule has 2 aromatic heterocycles. The summed E-state index contributed by atoms with van der Waals surface area (Å²) in [5.41, 5.74) is 2.46. The maximum absolute atomic E-state index is 12.5. The fraction of sp³-hybridized carbons (Fsp3) is 0.400. The molecular weight excluding hydrogens is 414 g/mol. The van der Waals surface area contributed by atoms with Crippen LogP contribution in [-0.2, 0) is 20.8 Å². The molecule has 0 aliphatic carbocycles. The number of aromatic nitrogens is 1. The number of nitrogens with zero attached hydrogens (tertiary/aromatic N) is 1. The second kappa shape index (κ2) is 8.71. The molecule has 1 fully saturated rings. The van der Waals surface area contributed by atoms with Crippen LogP contribution in [0.3, 0.4) is 0 Å². The lowest BCUT2D eigenvalue weighted by atomic mass is 10.1. The van der Waals surface area contributed by atoms with E-state index in [-0.39, 0.29) is 18.5 Å². The van der Waals surface area contributed by atoms with E-state index in [0.717, 1.165) is 37.4 Å². The molecule has 144 valence electrons. The number of furan rings is 1. The van der Waals surface area contributed by atoms with Gasteiger partial charge in [-0.3, -0.25) is 4.79 Å². The van der Waals surface area contributed by atoms with Crippen molar-refractivity contribution in [2.24, 2.45) is 0 Å². The third-order valence-corrected chi connectivity index (χ3v) is 5.03. The summed E-state index contributed by atoms with van der Waals surface area (Å²) in [6.07, 6.45) is 5.04.